The molecule has 0 amide bonds. The summed E-state index contributed by atoms with van der Waals surface area (Å²) in [6.45, 7) is 1.86. The molecular weight excluding hydrogens is 264 g/mol. The van der Waals surface area contributed by atoms with E-state index in [4.69, 9.17) is 5.14 Å². The SMILES string of the molecule is NS(=O)(=O)c1ccc(N=NN2CCCCCC2)cc1. The number of rotatable bonds is 3. The van der Waals surface area contributed by atoms with Crippen molar-refractivity contribution in [3.8, 4) is 0 Å². The Morgan fingerprint density at radius 2 is 1.58 bits per heavy atom. The summed E-state index contributed by atoms with van der Waals surface area (Å²) in [7, 11) is -3.64. The van der Waals surface area contributed by atoms with Crippen LogP contribution >= 0.6 is 0 Å². The molecule has 0 radical (unpaired) electrons. The van der Waals surface area contributed by atoms with E-state index in [-0.39, 0.29) is 4.90 Å². The van der Waals surface area contributed by atoms with Gasteiger partial charge >= 0.3 is 0 Å². The minimum atomic E-state index is -3.64. The number of nitrogens with two attached hydrogens (primary N) is 1. The van der Waals surface area contributed by atoms with Gasteiger partial charge in [0, 0.05) is 13.1 Å². The van der Waals surface area contributed by atoms with Crippen LogP contribution in [0.5, 0.6) is 0 Å². The maximum Gasteiger partial charge on any atom is 0.238 e. The highest BCUT2D eigenvalue weighted by Gasteiger charge is 2.07. The molecule has 19 heavy (non-hydrogen) atoms. The summed E-state index contributed by atoms with van der Waals surface area (Å²) < 4.78 is 22.2. The van der Waals surface area contributed by atoms with E-state index in [0.717, 1.165) is 25.9 Å². The molecular formula is C12H18N4O2S. The Labute approximate surface area is 113 Å². The zero-order valence-corrected chi connectivity index (χ0v) is 11.5. The topological polar surface area (TPSA) is 88.1 Å². The molecule has 1 aromatic rings. The van der Waals surface area contributed by atoms with Gasteiger partial charge in [-0.15, -0.1) is 5.11 Å². The van der Waals surface area contributed by atoms with Gasteiger partial charge in [0.25, 0.3) is 0 Å². The van der Waals surface area contributed by atoms with Gasteiger partial charge in [-0.1, -0.05) is 18.1 Å². The van der Waals surface area contributed by atoms with Gasteiger partial charge in [0.2, 0.25) is 10.0 Å². The van der Waals surface area contributed by atoms with Gasteiger partial charge in [-0.25, -0.2) is 13.6 Å². The highest BCUT2D eigenvalue weighted by atomic mass is 32.2. The molecule has 7 heteroatoms. The normalized spacial score (nSPS) is 17.6. The number of nitrogens with zero attached hydrogens (tertiary/aromatic N) is 3. The van der Waals surface area contributed by atoms with Gasteiger partial charge in [0.15, 0.2) is 0 Å². The minimum absolute atomic E-state index is 0.0845. The number of hydrogen-bond donors (Lipinski definition) is 1. The number of benzene rings is 1. The molecule has 2 rings (SSSR count). The van der Waals surface area contributed by atoms with E-state index < -0.39 is 10.0 Å². The third-order valence-electron chi connectivity index (χ3n) is 3.03. The molecule has 0 bridgehead atoms. The van der Waals surface area contributed by atoms with E-state index in [0.29, 0.717) is 5.69 Å². The van der Waals surface area contributed by atoms with Crippen molar-refractivity contribution in [3.63, 3.8) is 0 Å². The lowest BCUT2D eigenvalue weighted by atomic mass is 10.2. The van der Waals surface area contributed by atoms with E-state index in [2.05, 4.69) is 10.3 Å². The average molecular weight is 282 g/mol. The molecule has 0 aliphatic carbocycles. The minimum Gasteiger partial charge on any atom is -0.278 e. The summed E-state index contributed by atoms with van der Waals surface area (Å²) in [5.41, 5.74) is 0.622. The van der Waals surface area contributed by atoms with Gasteiger partial charge < -0.3 is 0 Å². The first-order valence-electron chi connectivity index (χ1n) is 6.35. The Morgan fingerprint density at radius 1 is 1.00 bits per heavy atom. The van der Waals surface area contributed by atoms with E-state index in [1.54, 1.807) is 12.1 Å². The van der Waals surface area contributed by atoms with Crippen LogP contribution in [0, 0.1) is 0 Å². The van der Waals surface area contributed by atoms with E-state index >= 15 is 0 Å². The van der Waals surface area contributed by atoms with Crippen LogP contribution in [-0.2, 0) is 10.0 Å². The quantitative estimate of drug-likeness (QED) is 0.862. The van der Waals surface area contributed by atoms with Crippen molar-refractivity contribution >= 4 is 15.7 Å². The van der Waals surface area contributed by atoms with Crippen molar-refractivity contribution in [1.29, 1.82) is 0 Å². The smallest absolute Gasteiger partial charge is 0.238 e. The Balaban J connectivity index is 2.02. The lowest BCUT2D eigenvalue weighted by Crippen LogP contribution is -2.17. The van der Waals surface area contributed by atoms with Crippen LogP contribution in [-0.4, -0.2) is 26.5 Å². The van der Waals surface area contributed by atoms with Crippen LogP contribution in [0.15, 0.2) is 39.5 Å². The van der Waals surface area contributed by atoms with Crippen LogP contribution in [0.4, 0.5) is 5.69 Å². The molecule has 104 valence electrons. The predicted octanol–water partition coefficient (Wildman–Crippen LogP) is 2.21. The molecule has 1 saturated heterocycles. The summed E-state index contributed by atoms with van der Waals surface area (Å²) in [4.78, 5) is 0.0845. The lowest BCUT2D eigenvalue weighted by Gasteiger charge is -2.13. The molecule has 1 fully saturated rings. The van der Waals surface area contributed by atoms with Crippen molar-refractivity contribution in [1.82, 2.24) is 5.01 Å². The largest absolute Gasteiger partial charge is 0.278 e. The van der Waals surface area contributed by atoms with Crippen molar-refractivity contribution in [2.75, 3.05) is 13.1 Å². The van der Waals surface area contributed by atoms with Crippen LogP contribution in [0.2, 0.25) is 0 Å². The van der Waals surface area contributed by atoms with Gasteiger partial charge in [-0.3, -0.25) is 5.01 Å². The maximum absolute atomic E-state index is 11.1. The van der Waals surface area contributed by atoms with E-state index in [1.165, 1.54) is 25.0 Å². The van der Waals surface area contributed by atoms with Crippen molar-refractivity contribution < 1.29 is 8.42 Å². The van der Waals surface area contributed by atoms with Gasteiger partial charge in [0.1, 0.15) is 0 Å². The molecule has 1 aliphatic rings. The summed E-state index contributed by atoms with van der Waals surface area (Å²) in [5.74, 6) is 0. The second-order valence-corrected chi connectivity index (χ2v) is 6.16. The Kier molecular flexibility index (Phi) is 4.49. The van der Waals surface area contributed by atoms with E-state index in [9.17, 15) is 8.42 Å². The van der Waals surface area contributed by atoms with Gasteiger partial charge in [-0.05, 0) is 37.1 Å². The van der Waals surface area contributed by atoms with Gasteiger partial charge in [0.05, 0.1) is 10.6 Å². The van der Waals surface area contributed by atoms with E-state index in [1.807, 2.05) is 5.01 Å². The molecule has 6 nitrogen and oxygen atoms in total. The summed E-state index contributed by atoms with van der Waals surface area (Å²) in [5, 5.41) is 15.3. The predicted molar refractivity (Wildman–Crippen MR) is 72.4 cm³/mol. The van der Waals surface area contributed by atoms with Gasteiger partial charge in [-0.2, -0.15) is 0 Å². The van der Waals surface area contributed by atoms with Crippen molar-refractivity contribution in [3.05, 3.63) is 24.3 Å². The first-order valence-corrected chi connectivity index (χ1v) is 7.90. The third-order valence-corrected chi connectivity index (χ3v) is 3.96. The Bertz CT molecular complexity index is 531. The highest BCUT2D eigenvalue weighted by molar-refractivity contribution is 7.89. The molecule has 0 aromatic heterocycles. The first kappa shape index (κ1) is 14.0. The summed E-state index contributed by atoms with van der Waals surface area (Å²) in [6, 6.07) is 6.07. The third kappa shape index (κ3) is 4.29. The van der Waals surface area contributed by atoms with Crippen LogP contribution in [0.1, 0.15) is 25.7 Å². The fourth-order valence-electron chi connectivity index (χ4n) is 1.96. The Morgan fingerprint density at radius 3 is 2.11 bits per heavy atom. The highest BCUT2D eigenvalue weighted by Crippen LogP contribution is 2.17. The zero-order chi connectivity index (χ0) is 13.7. The zero-order valence-electron chi connectivity index (χ0n) is 10.7. The molecule has 1 aromatic carbocycles. The van der Waals surface area contributed by atoms with Crippen LogP contribution in [0.3, 0.4) is 0 Å². The second-order valence-electron chi connectivity index (χ2n) is 4.60. The maximum atomic E-state index is 11.1. The van der Waals surface area contributed by atoms with Crippen LogP contribution in [0.25, 0.3) is 0 Å². The van der Waals surface area contributed by atoms with Crippen LogP contribution < -0.4 is 5.14 Å². The average Bonchev–Trinajstić information content (AvgIpc) is 2.64. The Hall–Kier alpha value is -1.47. The summed E-state index contributed by atoms with van der Waals surface area (Å²) in [6.07, 6.45) is 4.77. The molecule has 2 N–H and O–H groups in total. The number of sulfonamides is 1. The van der Waals surface area contributed by atoms with Crippen molar-refractivity contribution in [2.45, 2.75) is 30.6 Å². The molecule has 0 atom stereocenters. The molecule has 0 spiro atoms. The van der Waals surface area contributed by atoms with Crippen molar-refractivity contribution in [2.24, 2.45) is 15.5 Å². The fourth-order valence-corrected chi connectivity index (χ4v) is 2.48. The summed E-state index contributed by atoms with van der Waals surface area (Å²) >= 11 is 0. The fraction of sp³-hybridized carbons (Fsp3) is 0.500. The second kappa shape index (κ2) is 6.12. The molecule has 0 saturated carbocycles. The standard InChI is InChI=1S/C12H18N4O2S/c13-19(17,18)12-7-5-11(6-8-12)14-15-16-9-3-1-2-4-10-16/h5-8H,1-4,9-10H2,(H2,13,17,18). The molecule has 1 heterocycles. The number of primary sulfonamides is 1. The molecule has 0 unspecified atom stereocenters. The lowest BCUT2D eigenvalue weighted by molar-refractivity contribution is 0.281. The first-order chi connectivity index (χ1) is 9.05. The molecule has 1 aliphatic heterocycles. The number of hydrogen-bond acceptors (Lipinski definition) is 4. The monoisotopic (exact) mass is 282 g/mol.